The van der Waals surface area contributed by atoms with E-state index < -0.39 is 10.0 Å². The topological polar surface area (TPSA) is 101 Å². The highest BCUT2D eigenvalue weighted by atomic mass is 35.5. The van der Waals surface area contributed by atoms with Gasteiger partial charge in [0.25, 0.3) is 0 Å². The molecule has 2 rings (SSSR count). The quantitative estimate of drug-likeness (QED) is 0.688. The molecule has 0 bridgehead atoms. The van der Waals surface area contributed by atoms with Gasteiger partial charge in [-0.2, -0.15) is 0 Å². The van der Waals surface area contributed by atoms with Crippen molar-refractivity contribution in [2.24, 2.45) is 17.1 Å². The number of rotatable bonds is 7. The molecule has 0 spiro atoms. The van der Waals surface area contributed by atoms with Gasteiger partial charge in [0.1, 0.15) is 0 Å². The third-order valence-corrected chi connectivity index (χ3v) is 5.78. The molecule has 1 aromatic carbocycles. The number of hydrogen-bond acceptors (Lipinski definition) is 4. The Morgan fingerprint density at radius 1 is 1.43 bits per heavy atom. The van der Waals surface area contributed by atoms with Gasteiger partial charge in [-0.15, -0.1) is 12.4 Å². The molecule has 1 aromatic rings. The van der Waals surface area contributed by atoms with Crippen LogP contribution in [0.1, 0.15) is 26.7 Å². The standard InChI is InChI=1S/C15H23N3O3S.ClH/c1-3-15(2)10-13(15)14(19)18-11-5-4-6-12(9-11)22(20,21)17-8-7-16;/h4-6,9,13,17H,3,7-8,10,16H2,1-2H3,(H,18,19);1H. The van der Waals surface area contributed by atoms with Gasteiger partial charge in [0.05, 0.1) is 4.90 Å². The van der Waals surface area contributed by atoms with E-state index in [0.29, 0.717) is 5.69 Å². The van der Waals surface area contributed by atoms with E-state index in [-0.39, 0.29) is 47.6 Å². The van der Waals surface area contributed by atoms with Crippen molar-refractivity contribution >= 4 is 34.0 Å². The maximum Gasteiger partial charge on any atom is 0.240 e. The zero-order chi connectivity index (χ0) is 16.4. The van der Waals surface area contributed by atoms with Crippen LogP contribution in [-0.4, -0.2) is 27.4 Å². The van der Waals surface area contributed by atoms with E-state index in [1.165, 1.54) is 12.1 Å². The molecule has 1 aliphatic carbocycles. The summed E-state index contributed by atoms with van der Waals surface area (Å²) in [4.78, 5) is 12.3. The van der Waals surface area contributed by atoms with Gasteiger partial charge in [0.2, 0.25) is 15.9 Å². The lowest BCUT2D eigenvalue weighted by Gasteiger charge is -2.10. The first-order chi connectivity index (χ1) is 10.3. The average molecular weight is 362 g/mol. The molecule has 130 valence electrons. The second-order valence-electron chi connectivity index (χ2n) is 5.97. The van der Waals surface area contributed by atoms with Gasteiger partial charge < -0.3 is 11.1 Å². The van der Waals surface area contributed by atoms with E-state index in [2.05, 4.69) is 23.9 Å². The fraction of sp³-hybridized carbons (Fsp3) is 0.533. The molecule has 1 fully saturated rings. The molecule has 6 nitrogen and oxygen atoms in total. The van der Waals surface area contributed by atoms with Gasteiger partial charge >= 0.3 is 0 Å². The van der Waals surface area contributed by atoms with Crippen molar-refractivity contribution in [3.63, 3.8) is 0 Å². The number of nitrogens with two attached hydrogens (primary N) is 1. The van der Waals surface area contributed by atoms with E-state index in [9.17, 15) is 13.2 Å². The first kappa shape index (κ1) is 19.9. The van der Waals surface area contributed by atoms with Gasteiger partial charge in [-0.05, 0) is 36.5 Å². The summed E-state index contributed by atoms with van der Waals surface area (Å²) in [5.74, 6) is -0.0399. The van der Waals surface area contributed by atoms with Crippen LogP contribution in [0.25, 0.3) is 0 Å². The molecule has 23 heavy (non-hydrogen) atoms. The molecule has 1 amide bonds. The summed E-state index contributed by atoms with van der Waals surface area (Å²) in [5, 5.41) is 2.81. The molecule has 1 aliphatic rings. The lowest BCUT2D eigenvalue weighted by atomic mass is 10.0. The molecule has 0 saturated heterocycles. The average Bonchev–Trinajstić information content (AvgIpc) is 3.18. The molecule has 0 radical (unpaired) electrons. The number of anilines is 1. The number of hydrogen-bond donors (Lipinski definition) is 3. The number of benzene rings is 1. The number of carbonyl (C=O) groups excluding carboxylic acids is 1. The van der Waals surface area contributed by atoms with E-state index in [1.54, 1.807) is 12.1 Å². The number of sulfonamides is 1. The first-order valence-electron chi connectivity index (χ1n) is 7.43. The molecule has 1 saturated carbocycles. The summed E-state index contributed by atoms with van der Waals surface area (Å²) >= 11 is 0. The third kappa shape index (κ3) is 4.67. The van der Waals surface area contributed by atoms with Crippen molar-refractivity contribution < 1.29 is 13.2 Å². The highest BCUT2D eigenvalue weighted by Crippen LogP contribution is 2.55. The molecule has 0 aliphatic heterocycles. The summed E-state index contributed by atoms with van der Waals surface area (Å²) in [7, 11) is -3.59. The van der Waals surface area contributed by atoms with E-state index >= 15 is 0 Å². The zero-order valence-corrected chi connectivity index (χ0v) is 15.0. The Bertz CT molecular complexity index is 666. The normalized spacial score (nSPS) is 23.0. The Labute approximate surface area is 143 Å². The zero-order valence-electron chi connectivity index (χ0n) is 13.3. The maximum atomic E-state index is 12.2. The minimum Gasteiger partial charge on any atom is -0.329 e. The van der Waals surface area contributed by atoms with E-state index in [0.717, 1.165) is 12.8 Å². The highest BCUT2D eigenvalue weighted by molar-refractivity contribution is 7.89. The van der Waals surface area contributed by atoms with Crippen LogP contribution in [0.5, 0.6) is 0 Å². The molecular weight excluding hydrogens is 338 g/mol. The molecule has 2 atom stereocenters. The summed E-state index contributed by atoms with van der Waals surface area (Å²) in [6.07, 6.45) is 1.84. The minimum absolute atomic E-state index is 0. The smallest absolute Gasteiger partial charge is 0.240 e. The van der Waals surface area contributed by atoms with Gasteiger partial charge in [0.15, 0.2) is 0 Å². The van der Waals surface area contributed by atoms with Crippen LogP contribution in [-0.2, 0) is 14.8 Å². The lowest BCUT2D eigenvalue weighted by Crippen LogP contribution is -2.29. The predicted octanol–water partition coefficient (Wildman–Crippen LogP) is 1.72. The Balaban J connectivity index is 0.00000264. The van der Waals surface area contributed by atoms with Crippen LogP contribution in [0.2, 0.25) is 0 Å². The van der Waals surface area contributed by atoms with Gasteiger partial charge in [-0.25, -0.2) is 13.1 Å². The summed E-state index contributed by atoms with van der Waals surface area (Å²) in [6.45, 7) is 4.57. The van der Waals surface area contributed by atoms with Crippen LogP contribution < -0.4 is 15.8 Å². The summed E-state index contributed by atoms with van der Waals surface area (Å²) in [5.41, 5.74) is 5.88. The predicted molar refractivity (Wildman–Crippen MR) is 93.1 cm³/mol. The largest absolute Gasteiger partial charge is 0.329 e. The van der Waals surface area contributed by atoms with Crippen molar-refractivity contribution in [3.8, 4) is 0 Å². The van der Waals surface area contributed by atoms with Crippen molar-refractivity contribution in [1.82, 2.24) is 4.72 Å². The monoisotopic (exact) mass is 361 g/mol. The minimum atomic E-state index is -3.59. The molecule has 2 unspecified atom stereocenters. The molecule has 4 N–H and O–H groups in total. The number of halogens is 1. The van der Waals surface area contributed by atoms with E-state index in [1.807, 2.05) is 0 Å². The van der Waals surface area contributed by atoms with Crippen LogP contribution in [0.15, 0.2) is 29.2 Å². The van der Waals surface area contributed by atoms with Crippen molar-refractivity contribution in [2.75, 3.05) is 18.4 Å². The number of amides is 1. The first-order valence-corrected chi connectivity index (χ1v) is 8.91. The fourth-order valence-corrected chi connectivity index (χ4v) is 3.55. The van der Waals surface area contributed by atoms with Crippen molar-refractivity contribution in [1.29, 1.82) is 0 Å². The Morgan fingerprint density at radius 2 is 2.13 bits per heavy atom. The van der Waals surface area contributed by atoms with E-state index in [4.69, 9.17) is 5.73 Å². The van der Waals surface area contributed by atoms with Crippen LogP contribution in [0.4, 0.5) is 5.69 Å². The van der Waals surface area contributed by atoms with Gasteiger partial charge in [0, 0.05) is 24.7 Å². The maximum absolute atomic E-state index is 12.2. The van der Waals surface area contributed by atoms with Crippen LogP contribution in [0, 0.1) is 11.3 Å². The number of nitrogens with one attached hydrogen (secondary N) is 2. The third-order valence-electron chi connectivity index (χ3n) is 4.32. The number of carbonyl (C=O) groups is 1. The summed E-state index contributed by atoms with van der Waals surface area (Å²) in [6, 6.07) is 6.24. The Morgan fingerprint density at radius 3 is 2.70 bits per heavy atom. The summed E-state index contributed by atoms with van der Waals surface area (Å²) < 4.78 is 26.5. The van der Waals surface area contributed by atoms with Crippen LogP contribution >= 0.6 is 12.4 Å². The SMILES string of the molecule is CCC1(C)CC1C(=O)Nc1cccc(S(=O)(=O)NCCN)c1.Cl. The Kier molecular flexibility index (Phi) is 6.59. The lowest BCUT2D eigenvalue weighted by molar-refractivity contribution is -0.118. The van der Waals surface area contributed by atoms with Crippen LogP contribution in [0.3, 0.4) is 0 Å². The van der Waals surface area contributed by atoms with Gasteiger partial charge in [-0.3, -0.25) is 4.79 Å². The van der Waals surface area contributed by atoms with Crippen molar-refractivity contribution in [3.05, 3.63) is 24.3 Å². The second kappa shape index (κ2) is 7.61. The molecule has 0 heterocycles. The Hall–Kier alpha value is -1.15. The molecular formula is C15H24ClN3O3S. The second-order valence-corrected chi connectivity index (χ2v) is 7.73. The molecule has 8 heteroatoms. The highest BCUT2D eigenvalue weighted by Gasteiger charge is 2.52. The fourth-order valence-electron chi connectivity index (χ4n) is 2.45. The molecule has 0 aromatic heterocycles. The van der Waals surface area contributed by atoms with Gasteiger partial charge in [-0.1, -0.05) is 19.9 Å². The van der Waals surface area contributed by atoms with Crippen molar-refractivity contribution in [2.45, 2.75) is 31.6 Å².